The van der Waals surface area contributed by atoms with Crippen molar-refractivity contribution in [3.8, 4) is 11.4 Å². The van der Waals surface area contributed by atoms with Gasteiger partial charge in [-0.3, -0.25) is 4.79 Å². The molecule has 0 aliphatic heterocycles. The largest absolute Gasteiger partial charge is 0.326 e. The van der Waals surface area contributed by atoms with Crippen LogP contribution in [-0.2, 0) is 11.8 Å². The van der Waals surface area contributed by atoms with E-state index in [1.807, 2.05) is 42.9 Å². The van der Waals surface area contributed by atoms with E-state index in [0.29, 0.717) is 6.42 Å². The molecule has 2 aromatic rings. The zero-order valence-electron chi connectivity index (χ0n) is 11.8. The number of carbonyl (C=O) groups excluding carboxylic acids is 1. The van der Waals surface area contributed by atoms with E-state index in [0.717, 1.165) is 30.0 Å². The number of anilines is 1. The molecule has 0 aliphatic carbocycles. The van der Waals surface area contributed by atoms with Crippen LogP contribution in [0.5, 0.6) is 0 Å². The molecule has 0 unspecified atom stereocenters. The first-order valence-electron chi connectivity index (χ1n) is 6.59. The summed E-state index contributed by atoms with van der Waals surface area (Å²) in [6.45, 7) is 0.840. The standard InChI is InChI=1S/C14H19N5O/c1-15-8-4-7-13(20)17-12-6-3-5-11(9-12)14-18-16-10-19(14)2/h3,5-6,9-10,15H,4,7-8H2,1-2H3,(H,17,20). The molecule has 0 spiro atoms. The fraction of sp³-hybridized carbons (Fsp3) is 0.357. The number of aryl methyl sites for hydroxylation is 1. The smallest absolute Gasteiger partial charge is 0.224 e. The maximum Gasteiger partial charge on any atom is 0.224 e. The van der Waals surface area contributed by atoms with Gasteiger partial charge in [-0.2, -0.15) is 0 Å². The van der Waals surface area contributed by atoms with Gasteiger partial charge in [-0.15, -0.1) is 10.2 Å². The number of hydrogen-bond donors (Lipinski definition) is 2. The lowest BCUT2D eigenvalue weighted by Crippen LogP contribution is -2.15. The van der Waals surface area contributed by atoms with Crippen molar-refractivity contribution in [2.24, 2.45) is 7.05 Å². The highest BCUT2D eigenvalue weighted by Gasteiger charge is 2.07. The first kappa shape index (κ1) is 14.2. The van der Waals surface area contributed by atoms with E-state index in [1.54, 1.807) is 6.33 Å². The summed E-state index contributed by atoms with van der Waals surface area (Å²) < 4.78 is 1.84. The van der Waals surface area contributed by atoms with Crippen LogP contribution in [0.1, 0.15) is 12.8 Å². The molecule has 1 heterocycles. The van der Waals surface area contributed by atoms with E-state index in [4.69, 9.17) is 0 Å². The summed E-state index contributed by atoms with van der Waals surface area (Å²) in [5, 5.41) is 13.8. The SMILES string of the molecule is CNCCCC(=O)Nc1cccc(-c2nncn2C)c1. The molecule has 0 atom stereocenters. The lowest BCUT2D eigenvalue weighted by atomic mass is 10.2. The molecule has 0 bridgehead atoms. The van der Waals surface area contributed by atoms with E-state index >= 15 is 0 Å². The van der Waals surface area contributed by atoms with Crippen LogP contribution < -0.4 is 10.6 Å². The number of amides is 1. The van der Waals surface area contributed by atoms with Crippen LogP contribution in [0.25, 0.3) is 11.4 Å². The van der Waals surface area contributed by atoms with Gasteiger partial charge in [-0.1, -0.05) is 12.1 Å². The minimum Gasteiger partial charge on any atom is -0.326 e. The van der Waals surface area contributed by atoms with Crippen molar-refractivity contribution in [3.05, 3.63) is 30.6 Å². The van der Waals surface area contributed by atoms with E-state index in [2.05, 4.69) is 20.8 Å². The second-order valence-electron chi connectivity index (χ2n) is 4.60. The van der Waals surface area contributed by atoms with Crippen LogP contribution in [0, 0.1) is 0 Å². The van der Waals surface area contributed by atoms with Gasteiger partial charge in [-0.05, 0) is 32.1 Å². The van der Waals surface area contributed by atoms with Crippen LogP contribution in [0.3, 0.4) is 0 Å². The molecular formula is C14H19N5O. The molecule has 0 fully saturated rings. The Morgan fingerprint density at radius 1 is 1.40 bits per heavy atom. The highest BCUT2D eigenvalue weighted by atomic mass is 16.1. The normalized spacial score (nSPS) is 10.5. The molecule has 0 saturated carbocycles. The Morgan fingerprint density at radius 3 is 2.95 bits per heavy atom. The first-order chi connectivity index (χ1) is 9.70. The number of carbonyl (C=O) groups is 1. The monoisotopic (exact) mass is 273 g/mol. The summed E-state index contributed by atoms with van der Waals surface area (Å²) in [6, 6.07) is 7.61. The van der Waals surface area contributed by atoms with Crippen LogP contribution in [0.15, 0.2) is 30.6 Å². The zero-order valence-corrected chi connectivity index (χ0v) is 11.8. The first-order valence-corrected chi connectivity index (χ1v) is 6.59. The summed E-state index contributed by atoms with van der Waals surface area (Å²) in [5.74, 6) is 0.798. The topological polar surface area (TPSA) is 71.8 Å². The predicted octanol–water partition coefficient (Wildman–Crippen LogP) is 1.42. The molecule has 106 valence electrons. The van der Waals surface area contributed by atoms with Crippen molar-refractivity contribution < 1.29 is 4.79 Å². The number of benzene rings is 1. The Bertz CT molecular complexity index is 578. The van der Waals surface area contributed by atoms with Crippen LogP contribution in [-0.4, -0.2) is 34.3 Å². The molecule has 0 aliphatic rings. The summed E-state index contributed by atoms with van der Waals surface area (Å²) in [4.78, 5) is 11.8. The van der Waals surface area contributed by atoms with Crippen molar-refractivity contribution >= 4 is 11.6 Å². The Balaban J connectivity index is 2.03. The van der Waals surface area contributed by atoms with Gasteiger partial charge in [0.25, 0.3) is 0 Å². The molecule has 0 radical (unpaired) electrons. The van der Waals surface area contributed by atoms with E-state index in [1.165, 1.54) is 0 Å². The number of rotatable bonds is 6. The second-order valence-corrected chi connectivity index (χ2v) is 4.60. The van der Waals surface area contributed by atoms with Crippen molar-refractivity contribution in [2.75, 3.05) is 18.9 Å². The Hall–Kier alpha value is -2.21. The highest BCUT2D eigenvalue weighted by molar-refractivity contribution is 5.91. The minimum absolute atomic E-state index is 0.0235. The van der Waals surface area contributed by atoms with Crippen molar-refractivity contribution in [3.63, 3.8) is 0 Å². The number of hydrogen-bond acceptors (Lipinski definition) is 4. The van der Waals surface area contributed by atoms with Gasteiger partial charge in [-0.25, -0.2) is 0 Å². The Labute approximate surface area is 118 Å². The maximum absolute atomic E-state index is 11.8. The molecule has 1 amide bonds. The third-order valence-electron chi connectivity index (χ3n) is 2.95. The van der Waals surface area contributed by atoms with Gasteiger partial charge in [0.2, 0.25) is 5.91 Å². The fourth-order valence-corrected chi connectivity index (χ4v) is 1.93. The van der Waals surface area contributed by atoms with E-state index < -0.39 is 0 Å². The number of nitrogens with zero attached hydrogens (tertiary/aromatic N) is 3. The van der Waals surface area contributed by atoms with Crippen LogP contribution in [0.2, 0.25) is 0 Å². The molecule has 1 aromatic heterocycles. The van der Waals surface area contributed by atoms with Crippen molar-refractivity contribution in [1.29, 1.82) is 0 Å². The quantitative estimate of drug-likeness (QED) is 0.781. The van der Waals surface area contributed by atoms with Gasteiger partial charge in [0.15, 0.2) is 5.82 Å². The molecule has 1 aromatic carbocycles. The zero-order chi connectivity index (χ0) is 14.4. The Kier molecular flexibility index (Phi) is 4.84. The lowest BCUT2D eigenvalue weighted by molar-refractivity contribution is -0.116. The number of nitrogens with one attached hydrogen (secondary N) is 2. The summed E-state index contributed by atoms with van der Waals surface area (Å²) in [5.41, 5.74) is 1.71. The summed E-state index contributed by atoms with van der Waals surface area (Å²) in [6.07, 6.45) is 2.98. The van der Waals surface area contributed by atoms with Gasteiger partial charge in [0.1, 0.15) is 6.33 Å². The van der Waals surface area contributed by atoms with E-state index in [-0.39, 0.29) is 5.91 Å². The predicted molar refractivity (Wildman–Crippen MR) is 78.2 cm³/mol. The van der Waals surface area contributed by atoms with E-state index in [9.17, 15) is 4.79 Å². The van der Waals surface area contributed by atoms with Crippen LogP contribution >= 0.6 is 0 Å². The number of aromatic nitrogens is 3. The second kappa shape index (κ2) is 6.81. The van der Waals surface area contributed by atoms with Crippen molar-refractivity contribution in [1.82, 2.24) is 20.1 Å². The Morgan fingerprint density at radius 2 is 2.25 bits per heavy atom. The minimum atomic E-state index is 0.0235. The van der Waals surface area contributed by atoms with Crippen LogP contribution in [0.4, 0.5) is 5.69 Å². The van der Waals surface area contributed by atoms with Gasteiger partial charge < -0.3 is 15.2 Å². The highest BCUT2D eigenvalue weighted by Crippen LogP contribution is 2.20. The molecule has 0 saturated heterocycles. The maximum atomic E-state index is 11.8. The molecule has 2 rings (SSSR count). The third-order valence-corrected chi connectivity index (χ3v) is 2.95. The average Bonchev–Trinajstić information content (AvgIpc) is 2.85. The average molecular weight is 273 g/mol. The fourth-order valence-electron chi connectivity index (χ4n) is 1.93. The van der Waals surface area contributed by atoms with Gasteiger partial charge >= 0.3 is 0 Å². The van der Waals surface area contributed by atoms with Gasteiger partial charge in [0, 0.05) is 24.7 Å². The molecule has 6 nitrogen and oxygen atoms in total. The summed E-state index contributed by atoms with van der Waals surface area (Å²) >= 11 is 0. The molecule has 2 N–H and O–H groups in total. The van der Waals surface area contributed by atoms with Gasteiger partial charge in [0.05, 0.1) is 0 Å². The van der Waals surface area contributed by atoms with Crippen molar-refractivity contribution in [2.45, 2.75) is 12.8 Å². The third kappa shape index (κ3) is 3.64. The molecule has 6 heteroatoms. The summed E-state index contributed by atoms with van der Waals surface area (Å²) in [7, 11) is 3.76. The lowest BCUT2D eigenvalue weighted by Gasteiger charge is -2.07. The molecule has 20 heavy (non-hydrogen) atoms. The molecular weight excluding hydrogens is 254 g/mol.